The predicted octanol–water partition coefficient (Wildman–Crippen LogP) is 4.04. The smallest absolute Gasteiger partial charge is 0.306 e. The zero-order valence-electron chi connectivity index (χ0n) is 14.0. The van der Waals surface area contributed by atoms with E-state index >= 15 is 0 Å². The van der Waals surface area contributed by atoms with Crippen LogP contribution in [0.4, 0.5) is 5.69 Å². The number of anilines is 1. The Hall–Kier alpha value is -2.18. The molecule has 0 fully saturated rings. The van der Waals surface area contributed by atoms with Crippen molar-refractivity contribution in [3.05, 3.63) is 50.7 Å². The molecule has 0 spiro atoms. The molecule has 1 aromatic heterocycles. The number of carbonyl (C=O) groups excluding carboxylic acids is 3. The number of benzene rings is 1. The first-order chi connectivity index (χ1) is 12.5. The second-order valence-corrected chi connectivity index (χ2v) is 7.79. The molecule has 0 unspecified atom stereocenters. The van der Waals surface area contributed by atoms with Crippen molar-refractivity contribution in [2.75, 3.05) is 11.9 Å². The highest BCUT2D eigenvalue weighted by molar-refractivity contribution is 7.18. The first kappa shape index (κ1) is 18.6. The number of hydrogen-bond acceptors (Lipinski definition) is 5. The van der Waals surface area contributed by atoms with Gasteiger partial charge in [-0.05, 0) is 54.7 Å². The Morgan fingerprint density at radius 3 is 2.65 bits per heavy atom. The van der Waals surface area contributed by atoms with E-state index in [1.807, 2.05) is 18.2 Å². The molecule has 1 N–H and O–H groups in total. The van der Waals surface area contributed by atoms with Gasteiger partial charge >= 0.3 is 5.97 Å². The van der Waals surface area contributed by atoms with E-state index < -0.39 is 11.9 Å². The molecule has 136 valence electrons. The molecule has 0 saturated heterocycles. The summed E-state index contributed by atoms with van der Waals surface area (Å²) in [6.45, 7) is -0.366. The van der Waals surface area contributed by atoms with Crippen LogP contribution in [0.3, 0.4) is 0 Å². The Balaban J connectivity index is 1.40. The van der Waals surface area contributed by atoms with Crippen LogP contribution >= 0.6 is 22.9 Å². The average molecular weight is 392 g/mol. The number of hydrogen-bond donors (Lipinski definition) is 1. The van der Waals surface area contributed by atoms with Gasteiger partial charge in [-0.25, -0.2) is 0 Å². The lowest BCUT2D eigenvalue weighted by Gasteiger charge is -2.08. The summed E-state index contributed by atoms with van der Waals surface area (Å²) in [6.07, 6.45) is 3.21. The molecule has 0 aliphatic heterocycles. The van der Waals surface area contributed by atoms with E-state index in [9.17, 15) is 14.4 Å². The summed E-state index contributed by atoms with van der Waals surface area (Å²) in [5.74, 6) is -1.14. The highest BCUT2D eigenvalue weighted by atomic mass is 35.5. The Morgan fingerprint density at radius 1 is 1.08 bits per heavy atom. The van der Waals surface area contributed by atoms with E-state index in [0.717, 1.165) is 19.3 Å². The van der Waals surface area contributed by atoms with Gasteiger partial charge in [-0.2, -0.15) is 0 Å². The van der Waals surface area contributed by atoms with Crippen molar-refractivity contribution < 1.29 is 19.1 Å². The van der Waals surface area contributed by atoms with Crippen LogP contribution in [-0.2, 0) is 27.2 Å². The summed E-state index contributed by atoms with van der Waals surface area (Å²) in [4.78, 5) is 36.0. The minimum Gasteiger partial charge on any atom is -0.456 e. The number of amides is 1. The highest BCUT2D eigenvalue weighted by Gasteiger charge is 2.15. The Labute approximate surface area is 160 Å². The number of carbonyl (C=O) groups is 3. The zero-order chi connectivity index (χ0) is 18.5. The van der Waals surface area contributed by atoms with E-state index in [2.05, 4.69) is 5.32 Å². The zero-order valence-corrected chi connectivity index (χ0v) is 15.6. The van der Waals surface area contributed by atoms with Crippen LogP contribution in [0.2, 0.25) is 4.34 Å². The van der Waals surface area contributed by atoms with E-state index in [4.69, 9.17) is 16.3 Å². The Kier molecular flexibility index (Phi) is 6.06. The quantitative estimate of drug-likeness (QED) is 0.571. The topological polar surface area (TPSA) is 72.5 Å². The summed E-state index contributed by atoms with van der Waals surface area (Å²) in [5, 5.41) is 2.72. The van der Waals surface area contributed by atoms with Crippen LogP contribution in [0.25, 0.3) is 0 Å². The fraction of sp³-hybridized carbons (Fsp3) is 0.316. The molecule has 5 nitrogen and oxygen atoms in total. The molecule has 26 heavy (non-hydrogen) atoms. The van der Waals surface area contributed by atoms with Gasteiger partial charge in [0.25, 0.3) is 5.91 Å². The van der Waals surface area contributed by atoms with Crippen molar-refractivity contribution in [2.24, 2.45) is 0 Å². The van der Waals surface area contributed by atoms with Gasteiger partial charge in [0.15, 0.2) is 12.4 Å². The largest absolute Gasteiger partial charge is 0.456 e. The van der Waals surface area contributed by atoms with Gasteiger partial charge in [0.05, 0.1) is 15.6 Å². The minimum atomic E-state index is -0.579. The maximum Gasteiger partial charge on any atom is 0.306 e. The van der Waals surface area contributed by atoms with Crippen LogP contribution in [0.15, 0.2) is 30.3 Å². The number of aryl methyl sites for hydroxylation is 2. The molecule has 0 bridgehead atoms. The van der Waals surface area contributed by atoms with Crippen molar-refractivity contribution in [1.29, 1.82) is 0 Å². The van der Waals surface area contributed by atoms with Gasteiger partial charge in [0, 0.05) is 12.1 Å². The monoisotopic (exact) mass is 391 g/mol. The van der Waals surface area contributed by atoms with Crippen molar-refractivity contribution in [3.63, 3.8) is 0 Å². The van der Waals surface area contributed by atoms with Crippen molar-refractivity contribution in [1.82, 2.24) is 0 Å². The van der Waals surface area contributed by atoms with E-state index in [0.29, 0.717) is 14.9 Å². The minimum absolute atomic E-state index is 0.0299. The SMILES string of the molecule is O=C(COC(=O)CCC(=O)c1ccc(Cl)s1)Nc1ccc2c(c1)CCC2. The van der Waals surface area contributed by atoms with Crippen molar-refractivity contribution >= 4 is 46.3 Å². The number of rotatable bonds is 7. The summed E-state index contributed by atoms with van der Waals surface area (Å²) < 4.78 is 5.46. The lowest BCUT2D eigenvalue weighted by molar-refractivity contribution is -0.147. The standard InChI is InChI=1S/C19H18ClNO4S/c20-17-8-7-16(26-17)15(22)6-9-19(24)25-11-18(23)21-14-5-4-12-2-1-3-13(12)10-14/h4-5,7-8,10H,1-3,6,9,11H2,(H,21,23). The first-order valence-corrected chi connectivity index (χ1v) is 9.56. The molecular weight excluding hydrogens is 374 g/mol. The maximum atomic E-state index is 11.9. The van der Waals surface area contributed by atoms with E-state index in [-0.39, 0.29) is 25.2 Å². The van der Waals surface area contributed by atoms with Gasteiger partial charge in [-0.3, -0.25) is 14.4 Å². The number of Topliss-reactive ketones (excluding diaryl/α,β-unsaturated/α-hetero) is 1. The molecule has 1 heterocycles. The van der Waals surface area contributed by atoms with Gasteiger partial charge in [0.2, 0.25) is 0 Å². The van der Waals surface area contributed by atoms with Crippen molar-refractivity contribution in [2.45, 2.75) is 32.1 Å². The van der Waals surface area contributed by atoms with Crippen LogP contribution in [0.5, 0.6) is 0 Å². The van der Waals surface area contributed by atoms with Crippen LogP contribution in [0, 0.1) is 0 Å². The summed E-state index contributed by atoms with van der Waals surface area (Å²) in [6, 6.07) is 9.11. The van der Waals surface area contributed by atoms with Gasteiger partial charge in [0.1, 0.15) is 0 Å². The first-order valence-electron chi connectivity index (χ1n) is 8.37. The lowest BCUT2D eigenvalue weighted by Crippen LogP contribution is -2.21. The normalized spacial score (nSPS) is 12.5. The highest BCUT2D eigenvalue weighted by Crippen LogP contribution is 2.25. The third-order valence-corrected chi connectivity index (χ3v) is 5.42. The average Bonchev–Trinajstić information content (AvgIpc) is 3.26. The van der Waals surface area contributed by atoms with Crippen LogP contribution in [-0.4, -0.2) is 24.3 Å². The Bertz CT molecular complexity index is 846. The van der Waals surface area contributed by atoms with E-state index in [1.54, 1.807) is 12.1 Å². The molecule has 0 radical (unpaired) electrons. The summed E-state index contributed by atoms with van der Waals surface area (Å²) >= 11 is 6.95. The predicted molar refractivity (Wildman–Crippen MR) is 101 cm³/mol. The summed E-state index contributed by atoms with van der Waals surface area (Å²) in [7, 11) is 0. The molecule has 1 aliphatic carbocycles. The second-order valence-electron chi connectivity index (χ2n) is 6.07. The number of nitrogens with one attached hydrogen (secondary N) is 1. The third kappa shape index (κ3) is 4.93. The molecule has 2 aromatic rings. The van der Waals surface area contributed by atoms with Gasteiger partial charge < -0.3 is 10.1 Å². The molecular formula is C19H18ClNO4S. The van der Waals surface area contributed by atoms with Crippen molar-refractivity contribution in [3.8, 4) is 0 Å². The molecule has 1 amide bonds. The number of esters is 1. The van der Waals surface area contributed by atoms with Crippen LogP contribution < -0.4 is 5.32 Å². The molecule has 0 atom stereocenters. The summed E-state index contributed by atoms with van der Waals surface area (Å²) in [5.41, 5.74) is 3.29. The second kappa shape index (κ2) is 8.47. The van der Waals surface area contributed by atoms with Gasteiger partial charge in [-0.1, -0.05) is 17.7 Å². The molecule has 1 aliphatic rings. The third-order valence-electron chi connectivity index (χ3n) is 4.15. The number of ether oxygens (including phenoxy) is 1. The Morgan fingerprint density at radius 2 is 1.88 bits per heavy atom. The van der Waals surface area contributed by atoms with Gasteiger partial charge in [-0.15, -0.1) is 11.3 Å². The molecule has 0 saturated carbocycles. The number of halogens is 1. The lowest BCUT2D eigenvalue weighted by atomic mass is 10.1. The maximum absolute atomic E-state index is 11.9. The fourth-order valence-corrected chi connectivity index (χ4v) is 3.88. The number of ketones is 1. The van der Waals surface area contributed by atoms with E-state index in [1.165, 1.54) is 22.5 Å². The van der Waals surface area contributed by atoms with Crippen LogP contribution in [0.1, 0.15) is 40.1 Å². The molecule has 7 heteroatoms. The molecule has 1 aromatic carbocycles. The number of fused-ring (bicyclic) bond motifs is 1. The number of thiophene rings is 1. The molecule has 3 rings (SSSR count). The fourth-order valence-electron chi connectivity index (χ4n) is 2.87.